The molecule has 4 heterocycles. The van der Waals surface area contributed by atoms with Crippen LogP contribution in [0.3, 0.4) is 0 Å². The van der Waals surface area contributed by atoms with Gasteiger partial charge in [0, 0.05) is 55.2 Å². The van der Waals surface area contributed by atoms with Crippen LogP contribution in [0.5, 0.6) is 0 Å². The summed E-state index contributed by atoms with van der Waals surface area (Å²) in [6.45, 7) is 7.16. The predicted octanol–water partition coefficient (Wildman–Crippen LogP) is 3.41. The van der Waals surface area contributed by atoms with Gasteiger partial charge < -0.3 is 19.5 Å². The van der Waals surface area contributed by atoms with Gasteiger partial charge in [0.15, 0.2) is 0 Å². The number of hydrogen-bond acceptors (Lipinski definition) is 7. The Morgan fingerprint density at radius 1 is 1.22 bits per heavy atom. The Kier molecular flexibility index (Phi) is 6.16. The number of nitrogens with one attached hydrogen (secondary N) is 2. The SMILES string of the molecule is CCN1CCN(C(=O)c2ccc3nc(NC(=O)c4csc(C5=C[C@@H]6CCOC6C=C5)n4)[nH]c3c2)CC1. The topological polar surface area (TPSA) is 103 Å². The number of thiazole rings is 1. The molecule has 1 aromatic carbocycles. The summed E-state index contributed by atoms with van der Waals surface area (Å²) in [5, 5.41) is 5.38. The molecule has 10 heteroatoms. The first-order chi connectivity index (χ1) is 17.6. The van der Waals surface area contributed by atoms with Crippen molar-refractivity contribution in [2.45, 2.75) is 19.4 Å². The number of carbonyl (C=O) groups is 2. The van der Waals surface area contributed by atoms with Crippen LogP contribution >= 0.6 is 11.3 Å². The van der Waals surface area contributed by atoms with Gasteiger partial charge in [-0.05, 0) is 31.2 Å². The zero-order valence-corrected chi connectivity index (χ0v) is 20.9. The number of fused-ring (bicyclic) bond motifs is 2. The Balaban J connectivity index is 1.13. The van der Waals surface area contributed by atoms with E-state index < -0.39 is 0 Å². The Morgan fingerprint density at radius 2 is 2.08 bits per heavy atom. The van der Waals surface area contributed by atoms with Gasteiger partial charge in [0.2, 0.25) is 5.95 Å². The molecule has 2 amide bonds. The first-order valence-corrected chi connectivity index (χ1v) is 13.3. The van der Waals surface area contributed by atoms with Crippen LogP contribution in [0.25, 0.3) is 16.6 Å². The Morgan fingerprint density at radius 3 is 2.92 bits per heavy atom. The molecule has 0 radical (unpaired) electrons. The second-order valence-corrected chi connectivity index (χ2v) is 10.2. The predicted molar refractivity (Wildman–Crippen MR) is 139 cm³/mol. The summed E-state index contributed by atoms with van der Waals surface area (Å²) >= 11 is 1.45. The van der Waals surface area contributed by atoms with Gasteiger partial charge in [-0.15, -0.1) is 11.3 Å². The van der Waals surface area contributed by atoms with Crippen LogP contribution in [0.4, 0.5) is 5.95 Å². The molecule has 3 aromatic rings. The number of benzene rings is 1. The summed E-state index contributed by atoms with van der Waals surface area (Å²) in [4.78, 5) is 42.2. The minimum Gasteiger partial charge on any atom is -0.374 e. The fraction of sp³-hybridized carbons (Fsp3) is 0.385. The standard InChI is InChI=1S/C26H28N6O3S/c1-2-31-8-10-32(11-9-31)25(34)18-3-5-19-20(14-18)29-26(28-19)30-23(33)21-15-36-24(27-21)17-4-6-22-16(13-17)7-12-35-22/h3-6,13-16,22H,2,7-12H2,1H3,(H2,28,29,30,33)/t16-,22?/m0/s1. The van der Waals surface area contributed by atoms with E-state index in [1.165, 1.54) is 11.3 Å². The van der Waals surface area contributed by atoms with E-state index in [2.05, 4.69) is 44.2 Å². The Labute approximate surface area is 212 Å². The molecule has 2 aromatic heterocycles. The molecule has 0 saturated carbocycles. The van der Waals surface area contributed by atoms with Gasteiger partial charge in [-0.25, -0.2) is 9.97 Å². The van der Waals surface area contributed by atoms with Crippen molar-refractivity contribution in [3.63, 3.8) is 0 Å². The van der Waals surface area contributed by atoms with Crippen LogP contribution in [0.1, 0.15) is 39.2 Å². The van der Waals surface area contributed by atoms with E-state index in [1.807, 2.05) is 11.0 Å². The minimum absolute atomic E-state index is 0.0180. The first kappa shape index (κ1) is 23.1. The monoisotopic (exact) mass is 504 g/mol. The van der Waals surface area contributed by atoms with Gasteiger partial charge in [0.25, 0.3) is 11.8 Å². The van der Waals surface area contributed by atoms with Crippen molar-refractivity contribution >= 4 is 45.7 Å². The van der Waals surface area contributed by atoms with Crippen LogP contribution in [-0.2, 0) is 4.74 Å². The van der Waals surface area contributed by atoms with Crippen LogP contribution in [-0.4, -0.2) is 82.0 Å². The lowest BCUT2D eigenvalue weighted by Gasteiger charge is -2.34. The van der Waals surface area contributed by atoms with E-state index in [1.54, 1.807) is 23.6 Å². The molecule has 36 heavy (non-hydrogen) atoms. The number of allylic oxidation sites excluding steroid dienone is 2. The average molecular weight is 505 g/mol. The number of rotatable bonds is 5. The highest BCUT2D eigenvalue weighted by atomic mass is 32.1. The number of anilines is 1. The molecule has 2 N–H and O–H groups in total. The molecular weight excluding hydrogens is 476 g/mol. The lowest BCUT2D eigenvalue weighted by molar-refractivity contribution is 0.0643. The molecule has 186 valence electrons. The average Bonchev–Trinajstić information content (AvgIpc) is 3.66. The summed E-state index contributed by atoms with van der Waals surface area (Å²) in [6.07, 6.45) is 7.46. The number of imidazole rings is 1. The number of nitrogens with zero attached hydrogens (tertiary/aromatic N) is 4. The second-order valence-electron chi connectivity index (χ2n) is 9.30. The zero-order valence-electron chi connectivity index (χ0n) is 20.1. The molecule has 2 atom stereocenters. The number of piperazine rings is 1. The van der Waals surface area contributed by atoms with E-state index in [0.717, 1.165) is 56.3 Å². The van der Waals surface area contributed by atoms with Gasteiger partial charge in [-0.3, -0.25) is 14.9 Å². The van der Waals surface area contributed by atoms with Crippen molar-refractivity contribution in [3.8, 4) is 0 Å². The highest BCUT2D eigenvalue weighted by Crippen LogP contribution is 2.33. The number of H-pyrrole nitrogens is 1. The Hall–Kier alpha value is -3.34. The molecule has 1 unspecified atom stereocenters. The maximum Gasteiger partial charge on any atom is 0.277 e. The lowest BCUT2D eigenvalue weighted by Crippen LogP contribution is -2.48. The molecule has 2 aliphatic heterocycles. The molecule has 2 saturated heterocycles. The summed E-state index contributed by atoms with van der Waals surface area (Å²) < 4.78 is 5.69. The van der Waals surface area contributed by atoms with E-state index in [-0.39, 0.29) is 17.9 Å². The summed E-state index contributed by atoms with van der Waals surface area (Å²) in [6, 6.07) is 5.40. The van der Waals surface area contributed by atoms with E-state index in [4.69, 9.17) is 4.74 Å². The normalized spacial score (nSPS) is 22.0. The third-order valence-corrected chi connectivity index (χ3v) is 7.99. The summed E-state index contributed by atoms with van der Waals surface area (Å²) in [7, 11) is 0. The maximum atomic E-state index is 13.0. The lowest BCUT2D eigenvalue weighted by atomic mass is 9.93. The molecular formula is C26H28N6O3S. The molecule has 9 nitrogen and oxygen atoms in total. The van der Waals surface area contributed by atoms with E-state index >= 15 is 0 Å². The van der Waals surface area contributed by atoms with Gasteiger partial charge in [-0.1, -0.05) is 25.2 Å². The number of likely N-dealkylation sites (N-methyl/N-ethyl adjacent to an activating group) is 1. The van der Waals surface area contributed by atoms with E-state index in [0.29, 0.717) is 34.2 Å². The van der Waals surface area contributed by atoms with E-state index in [9.17, 15) is 9.59 Å². The van der Waals surface area contributed by atoms with Crippen molar-refractivity contribution in [2.24, 2.45) is 5.92 Å². The van der Waals surface area contributed by atoms with Crippen LogP contribution in [0.2, 0.25) is 0 Å². The zero-order chi connectivity index (χ0) is 24.6. The number of ether oxygens (including phenoxy) is 1. The fourth-order valence-electron chi connectivity index (χ4n) is 4.97. The highest BCUT2D eigenvalue weighted by Gasteiger charge is 2.28. The molecule has 1 aliphatic carbocycles. The van der Waals surface area contributed by atoms with Crippen molar-refractivity contribution in [3.05, 3.63) is 58.1 Å². The molecule has 2 fully saturated rings. The summed E-state index contributed by atoms with van der Waals surface area (Å²) in [5.41, 5.74) is 3.37. The molecule has 0 spiro atoms. The third-order valence-electron chi connectivity index (χ3n) is 7.09. The number of aromatic nitrogens is 3. The molecule has 6 rings (SSSR count). The Bertz CT molecular complexity index is 1370. The largest absolute Gasteiger partial charge is 0.374 e. The fourth-order valence-corrected chi connectivity index (χ4v) is 5.77. The van der Waals surface area contributed by atoms with Gasteiger partial charge in [0.1, 0.15) is 10.7 Å². The molecule has 3 aliphatic rings. The van der Waals surface area contributed by atoms with Crippen molar-refractivity contribution < 1.29 is 14.3 Å². The number of hydrogen-bond donors (Lipinski definition) is 2. The smallest absolute Gasteiger partial charge is 0.277 e. The number of amides is 2. The van der Waals surface area contributed by atoms with Gasteiger partial charge in [-0.2, -0.15) is 0 Å². The minimum atomic E-state index is -0.330. The maximum absolute atomic E-state index is 13.0. The third kappa shape index (κ3) is 4.47. The van der Waals surface area contributed by atoms with Crippen molar-refractivity contribution in [1.29, 1.82) is 0 Å². The highest BCUT2D eigenvalue weighted by molar-refractivity contribution is 7.11. The van der Waals surface area contributed by atoms with Crippen LogP contribution in [0, 0.1) is 5.92 Å². The molecule has 0 bridgehead atoms. The van der Waals surface area contributed by atoms with Crippen molar-refractivity contribution in [2.75, 3.05) is 44.6 Å². The first-order valence-electron chi connectivity index (χ1n) is 12.4. The van der Waals surface area contributed by atoms with Crippen LogP contribution < -0.4 is 5.32 Å². The summed E-state index contributed by atoms with van der Waals surface area (Å²) in [5.74, 6) is 0.390. The number of carbonyl (C=O) groups excluding carboxylic acids is 2. The quantitative estimate of drug-likeness (QED) is 0.552. The van der Waals surface area contributed by atoms with Crippen LogP contribution in [0.15, 0.2) is 41.8 Å². The van der Waals surface area contributed by atoms with Crippen molar-refractivity contribution in [1.82, 2.24) is 24.8 Å². The second kappa shape index (κ2) is 9.61. The van der Waals surface area contributed by atoms with Gasteiger partial charge in [0.05, 0.1) is 17.1 Å². The number of aromatic amines is 1. The van der Waals surface area contributed by atoms with Gasteiger partial charge >= 0.3 is 0 Å².